The normalized spacial score (nSPS) is 10.3. The molecule has 0 saturated heterocycles. The van der Waals surface area contributed by atoms with Crippen molar-refractivity contribution in [2.24, 2.45) is 5.73 Å². The summed E-state index contributed by atoms with van der Waals surface area (Å²) in [5.74, 6) is 0.568. The van der Waals surface area contributed by atoms with Gasteiger partial charge in [0, 0.05) is 19.5 Å². The molecule has 0 spiro atoms. The van der Waals surface area contributed by atoms with E-state index in [4.69, 9.17) is 5.73 Å². The molecule has 0 aliphatic heterocycles. The molecule has 0 bridgehead atoms. The minimum atomic E-state index is -0.0327. The standard InChI is InChI=1S/C15H26N4O/c1-3-10-19(11-4-2)13-7-8-14(17-12-13)18-15(20)6-5-9-16/h7-8,12H,3-6,9-11,16H2,1-2H3,(H,17,18,20). The second-order valence-electron chi connectivity index (χ2n) is 4.83. The Morgan fingerprint density at radius 2 is 2.00 bits per heavy atom. The van der Waals surface area contributed by atoms with Crippen LogP contribution in [-0.4, -0.2) is 30.5 Å². The number of hydrogen-bond donors (Lipinski definition) is 2. The highest BCUT2D eigenvalue weighted by molar-refractivity contribution is 5.89. The van der Waals surface area contributed by atoms with Gasteiger partial charge in [-0.15, -0.1) is 0 Å². The van der Waals surface area contributed by atoms with Gasteiger partial charge in [0.05, 0.1) is 11.9 Å². The number of nitrogens with two attached hydrogens (primary N) is 1. The Labute approximate surface area is 121 Å². The minimum Gasteiger partial charge on any atom is -0.370 e. The van der Waals surface area contributed by atoms with Crippen molar-refractivity contribution < 1.29 is 4.79 Å². The first-order valence-corrected chi connectivity index (χ1v) is 7.42. The number of nitrogens with zero attached hydrogens (tertiary/aromatic N) is 2. The number of nitrogens with one attached hydrogen (secondary N) is 1. The summed E-state index contributed by atoms with van der Waals surface area (Å²) in [6, 6.07) is 3.87. The van der Waals surface area contributed by atoms with Crippen LogP contribution in [0.4, 0.5) is 11.5 Å². The van der Waals surface area contributed by atoms with Crippen LogP contribution in [0, 0.1) is 0 Å². The monoisotopic (exact) mass is 278 g/mol. The number of pyridine rings is 1. The van der Waals surface area contributed by atoms with E-state index in [2.05, 4.69) is 29.0 Å². The van der Waals surface area contributed by atoms with Gasteiger partial charge in [-0.05, 0) is 37.9 Å². The first-order valence-electron chi connectivity index (χ1n) is 7.42. The number of carbonyl (C=O) groups excluding carboxylic acids is 1. The molecule has 0 aromatic carbocycles. The predicted molar refractivity (Wildman–Crippen MR) is 84.0 cm³/mol. The fourth-order valence-electron chi connectivity index (χ4n) is 2.02. The second-order valence-corrected chi connectivity index (χ2v) is 4.83. The Hall–Kier alpha value is -1.62. The molecule has 0 aliphatic carbocycles. The van der Waals surface area contributed by atoms with E-state index >= 15 is 0 Å². The van der Waals surface area contributed by atoms with Gasteiger partial charge in [-0.3, -0.25) is 4.79 Å². The number of rotatable bonds is 9. The van der Waals surface area contributed by atoms with Crippen LogP contribution in [-0.2, 0) is 4.79 Å². The van der Waals surface area contributed by atoms with Crippen LogP contribution in [0.2, 0.25) is 0 Å². The highest BCUT2D eigenvalue weighted by Gasteiger charge is 2.06. The summed E-state index contributed by atoms with van der Waals surface area (Å²) in [5.41, 5.74) is 6.48. The lowest BCUT2D eigenvalue weighted by Crippen LogP contribution is -2.25. The highest BCUT2D eigenvalue weighted by Crippen LogP contribution is 2.16. The number of aromatic nitrogens is 1. The van der Waals surface area contributed by atoms with Gasteiger partial charge < -0.3 is 16.0 Å². The molecule has 1 rings (SSSR count). The van der Waals surface area contributed by atoms with Gasteiger partial charge in [-0.1, -0.05) is 13.8 Å². The topological polar surface area (TPSA) is 71.2 Å². The summed E-state index contributed by atoms with van der Waals surface area (Å²) in [5, 5.41) is 2.78. The zero-order valence-corrected chi connectivity index (χ0v) is 12.6. The van der Waals surface area contributed by atoms with Crippen LogP contribution in [0.25, 0.3) is 0 Å². The van der Waals surface area contributed by atoms with E-state index in [0.29, 0.717) is 25.2 Å². The highest BCUT2D eigenvalue weighted by atomic mass is 16.1. The molecule has 0 aliphatic rings. The van der Waals surface area contributed by atoms with E-state index in [0.717, 1.165) is 31.6 Å². The van der Waals surface area contributed by atoms with E-state index < -0.39 is 0 Å². The van der Waals surface area contributed by atoms with Crippen LogP contribution < -0.4 is 16.0 Å². The number of anilines is 2. The molecule has 112 valence electrons. The maximum atomic E-state index is 11.6. The average molecular weight is 278 g/mol. The van der Waals surface area contributed by atoms with Crippen molar-refractivity contribution in [3.8, 4) is 0 Å². The molecular formula is C15H26N4O. The maximum absolute atomic E-state index is 11.6. The molecule has 3 N–H and O–H groups in total. The Bertz CT molecular complexity index is 385. The summed E-state index contributed by atoms with van der Waals surface area (Å²) in [6.45, 7) is 6.92. The molecule has 0 unspecified atom stereocenters. The number of amides is 1. The quantitative estimate of drug-likeness (QED) is 0.727. The van der Waals surface area contributed by atoms with Crippen LogP contribution >= 0.6 is 0 Å². The van der Waals surface area contributed by atoms with E-state index in [1.165, 1.54) is 0 Å². The Kier molecular flexibility index (Phi) is 7.65. The van der Waals surface area contributed by atoms with Gasteiger partial charge in [-0.2, -0.15) is 0 Å². The number of hydrogen-bond acceptors (Lipinski definition) is 4. The smallest absolute Gasteiger partial charge is 0.225 e. The third-order valence-electron chi connectivity index (χ3n) is 2.98. The molecule has 1 amide bonds. The fraction of sp³-hybridized carbons (Fsp3) is 0.600. The summed E-state index contributed by atoms with van der Waals surface area (Å²) >= 11 is 0. The van der Waals surface area contributed by atoms with E-state index in [1.807, 2.05) is 18.3 Å². The van der Waals surface area contributed by atoms with E-state index in [1.54, 1.807) is 0 Å². The Morgan fingerprint density at radius 3 is 2.50 bits per heavy atom. The van der Waals surface area contributed by atoms with Crippen LogP contribution in [0.15, 0.2) is 18.3 Å². The van der Waals surface area contributed by atoms with Crippen molar-refractivity contribution >= 4 is 17.4 Å². The maximum Gasteiger partial charge on any atom is 0.225 e. The third-order valence-corrected chi connectivity index (χ3v) is 2.98. The zero-order valence-electron chi connectivity index (χ0n) is 12.6. The van der Waals surface area contributed by atoms with Crippen molar-refractivity contribution in [3.05, 3.63) is 18.3 Å². The first-order chi connectivity index (χ1) is 9.71. The first kappa shape index (κ1) is 16.4. The Balaban J connectivity index is 2.60. The van der Waals surface area contributed by atoms with Crippen molar-refractivity contribution in [1.82, 2.24) is 4.98 Å². The summed E-state index contributed by atoms with van der Waals surface area (Å²) in [4.78, 5) is 18.2. The molecule has 1 aromatic rings. The molecule has 0 radical (unpaired) electrons. The van der Waals surface area contributed by atoms with Gasteiger partial charge in [0.1, 0.15) is 5.82 Å². The van der Waals surface area contributed by atoms with Gasteiger partial charge in [0.15, 0.2) is 0 Å². The average Bonchev–Trinajstić information content (AvgIpc) is 2.46. The van der Waals surface area contributed by atoms with Crippen molar-refractivity contribution in [3.63, 3.8) is 0 Å². The van der Waals surface area contributed by atoms with Crippen molar-refractivity contribution in [1.29, 1.82) is 0 Å². The molecule has 5 nitrogen and oxygen atoms in total. The molecule has 1 aromatic heterocycles. The molecule has 1 heterocycles. The van der Waals surface area contributed by atoms with Crippen LogP contribution in [0.1, 0.15) is 39.5 Å². The lowest BCUT2D eigenvalue weighted by Gasteiger charge is -2.23. The van der Waals surface area contributed by atoms with Gasteiger partial charge >= 0.3 is 0 Å². The summed E-state index contributed by atoms with van der Waals surface area (Å²) < 4.78 is 0. The van der Waals surface area contributed by atoms with Crippen LogP contribution in [0.3, 0.4) is 0 Å². The summed E-state index contributed by atoms with van der Waals surface area (Å²) in [7, 11) is 0. The molecule has 5 heteroatoms. The SMILES string of the molecule is CCCN(CCC)c1ccc(NC(=O)CCCN)nc1. The molecule has 0 saturated carbocycles. The van der Waals surface area contributed by atoms with Crippen LogP contribution in [0.5, 0.6) is 0 Å². The van der Waals surface area contributed by atoms with Gasteiger partial charge in [0.2, 0.25) is 5.91 Å². The van der Waals surface area contributed by atoms with E-state index in [-0.39, 0.29) is 5.91 Å². The lowest BCUT2D eigenvalue weighted by molar-refractivity contribution is -0.116. The summed E-state index contributed by atoms with van der Waals surface area (Å²) in [6.07, 6.45) is 5.18. The third kappa shape index (κ3) is 5.57. The number of carbonyl (C=O) groups is 1. The molecule has 0 fully saturated rings. The molecule has 0 atom stereocenters. The second kappa shape index (κ2) is 9.31. The fourth-order valence-corrected chi connectivity index (χ4v) is 2.02. The zero-order chi connectivity index (χ0) is 14.8. The minimum absolute atomic E-state index is 0.0327. The Morgan fingerprint density at radius 1 is 1.30 bits per heavy atom. The lowest BCUT2D eigenvalue weighted by atomic mass is 10.3. The van der Waals surface area contributed by atoms with E-state index in [9.17, 15) is 4.79 Å². The van der Waals surface area contributed by atoms with Crippen molar-refractivity contribution in [2.75, 3.05) is 29.9 Å². The van der Waals surface area contributed by atoms with Gasteiger partial charge in [0.25, 0.3) is 0 Å². The van der Waals surface area contributed by atoms with Gasteiger partial charge in [-0.25, -0.2) is 4.98 Å². The van der Waals surface area contributed by atoms with Crippen molar-refractivity contribution in [2.45, 2.75) is 39.5 Å². The largest absolute Gasteiger partial charge is 0.370 e. The molecular weight excluding hydrogens is 252 g/mol. The predicted octanol–water partition coefficient (Wildman–Crippen LogP) is 2.39. The molecule has 20 heavy (non-hydrogen) atoms.